The third kappa shape index (κ3) is 4.10. The van der Waals surface area contributed by atoms with E-state index in [2.05, 4.69) is 46.8 Å². The molecule has 0 aromatic rings. The molecule has 0 spiro atoms. The van der Waals surface area contributed by atoms with Crippen molar-refractivity contribution in [2.75, 3.05) is 6.61 Å². The minimum absolute atomic E-state index is 0.0999. The molecule has 0 amide bonds. The zero-order valence-electron chi connectivity index (χ0n) is 20.9. The van der Waals surface area contributed by atoms with Gasteiger partial charge in [-0.05, 0) is 111 Å². The highest BCUT2D eigenvalue weighted by molar-refractivity contribution is 5.25. The van der Waals surface area contributed by atoms with Crippen LogP contribution in [0.25, 0.3) is 0 Å². The molecule has 0 aromatic heterocycles. The van der Waals surface area contributed by atoms with Crippen molar-refractivity contribution in [3.05, 3.63) is 23.3 Å². The van der Waals surface area contributed by atoms with Crippen LogP contribution in [-0.2, 0) is 0 Å². The Kier molecular flexibility index (Phi) is 6.82. The van der Waals surface area contributed by atoms with Crippen molar-refractivity contribution in [3.63, 3.8) is 0 Å². The summed E-state index contributed by atoms with van der Waals surface area (Å²) in [6.45, 7) is 12.4. The first-order valence-electron chi connectivity index (χ1n) is 13.4. The highest BCUT2D eigenvalue weighted by Crippen LogP contribution is 2.67. The predicted octanol–water partition coefficient (Wildman–Crippen LogP) is 6.92. The van der Waals surface area contributed by atoms with Gasteiger partial charge in [0.1, 0.15) is 0 Å². The SMILES string of the molecule is CC(C)/C(=C/CO)CC[C@@H](C)C1CCC2C3CC=C4C[C@@H](O)CC[C@]4(C)C3CC[C@@]21C. The van der Waals surface area contributed by atoms with Crippen molar-refractivity contribution in [1.82, 2.24) is 0 Å². The molecule has 2 N–H and O–H groups in total. The number of hydrogen-bond donors (Lipinski definition) is 2. The van der Waals surface area contributed by atoms with Crippen molar-refractivity contribution >= 4 is 0 Å². The van der Waals surface area contributed by atoms with Gasteiger partial charge in [-0.3, -0.25) is 0 Å². The Balaban J connectivity index is 1.47. The Morgan fingerprint density at radius 3 is 2.58 bits per heavy atom. The van der Waals surface area contributed by atoms with Gasteiger partial charge in [-0.25, -0.2) is 0 Å². The van der Waals surface area contributed by atoms with Gasteiger partial charge in [0.05, 0.1) is 12.7 Å². The highest BCUT2D eigenvalue weighted by Gasteiger charge is 2.59. The minimum Gasteiger partial charge on any atom is -0.393 e. The van der Waals surface area contributed by atoms with Crippen LogP contribution in [0.5, 0.6) is 0 Å². The van der Waals surface area contributed by atoms with E-state index in [-0.39, 0.29) is 12.7 Å². The minimum atomic E-state index is -0.0999. The highest BCUT2D eigenvalue weighted by atomic mass is 16.3. The van der Waals surface area contributed by atoms with Crippen LogP contribution in [0.2, 0.25) is 0 Å². The normalized spacial score (nSPS) is 43.8. The van der Waals surface area contributed by atoms with Crippen molar-refractivity contribution < 1.29 is 10.2 Å². The molecule has 0 aliphatic heterocycles. The first kappa shape index (κ1) is 23.6. The van der Waals surface area contributed by atoms with Crippen molar-refractivity contribution in [2.24, 2.45) is 46.3 Å². The van der Waals surface area contributed by atoms with Gasteiger partial charge in [-0.15, -0.1) is 0 Å². The number of fused-ring (bicyclic) bond motifs is 5. The number of hydrogen-bond acceptors (Lipinski definition) is 2. The Hall–Kier alpha value is -0.600. The standard InChI is InChI=1S/C29H48O2/c1-19(2)21(14-17-30)7-6-20(3)25-10-11-26-24-9-8-22-18-23(31)12-15-28(22,4)27(24)13-16-29(25,26)5/h8,14,19-20,23-27,30-31H,6-7,9-13,15-18H2,1-5H3/b21-14+/t20-,23+,24?,25?,26?,27?,28+,29-/m1/s1. The van der Waals surface area contributed by atoms with Crippen LogP contribution in [0.4, 0.5) is 0 Å². The fourth-order valence-electron chi connectivity index (χ4n) is 8.96. The predicted molar refractivity (Wildman–Crippen MR) is 130 cm³/mol. The summed E-state index contributed by atoms with van der Waals surface area (Å²) in [5.41, 5.74) is 3.90. The van der Waals surface area contributed by atoms with Gasteiger partial charge in [-0.2, -0.15) is 0 Å². The van der Waals surface area contributed by atoms with E-state index >= 15 is 0 Å². The van der Waals surface area contributed by atoms with Crippen LogP contribution < -0.4 is 0 Å². The van der Waals surface area contributed by atoms with Crippen molar-refractivity contribution in [2.45, 2.75) is 105 Å². The van der Waals surface area contributed by atoms with Crippen LogP contribution >= 0.6 is 0 Å². The second kappa shape index (κ2) is 8.98. The van der Waals surface area contributed by atoms with E-state index in [4.69, 9.17) is 0 Å². The second-order valence-electron chi connectivity index (χ2n) is 12.5. The third-order valence-electron chi connectivity index (χ3n) is 10.8. The van der Waals surface area contributed by atoms with E-state index < -0.39 is 0 Å². The molecule has 0 bridgehead atoms. The Bertz CT molecular complexity index is 706. The van der Waals surface area contributed by atoms with Gasteiger partial charge in [0.2, 0.25) is 0 Å². The smallest absolute Gasteiger partial charge is 0.0615 e. The van der Waals surface area contributed by atoms with Crippen LogP contribution in [0.3, 0.4) is 0 Å². The molecule has 4 aliphatic carbocycles. The summed E-state index contributed by atoms with van der Waals surface area (Å²) in [5.74, 6) is 4.75. The summed E-state index contributed by atoms with van der Waals surface area (Å²) in [4.78, 5) is 0. The Morgan fingerprint density at radius 2 is 1.87 bits per heavy atom. The molecular weight excluding hydrogens is 380 g/mol. The summed E-state index contributed by atoms with van der Waals surface area (Å²) in [7, 11) is 0. The molecule has 4 unspecified atom stereocenters. The van der Waals surface area contributed by atoms with Crippen LogP contribution in [0, 0.1) is 46.3 Å². The fraction of sp³-hybridized carbons (Fsp3) is 0.862. The van der Waals surface area contributed by atoms with Gasteiger partial charge in [-0.1, -0.05) is 57.9 Å². The molecule has 0 aromatic carbocycles. The zero-order valence-corrected chi connectivity index (χ0v) is 20.9. The van der Waals surface area contributed by atoms with Gasteiger partial charge in [0.15, 0.2) is 0 Å². The van der Waals surface area contributed by atoms with E-state index in [1.54, 1.807) is 5.57 Å². The maximum atomic E-state index is 10.2. The first-order chi connectivity index (χ1) is 14.7. The lowest BCUT2D eigenvalue weighted by molar-refractivity contribution is -0.0571. The summed E-state index contributed by atoms with van der Waals surface area (Å²) in [6, 6.07) is 0. The Morgan fingerprint density at radius 1 is 1.10 bits per heavy atom. The number of rotatable bonds is 6. The summed E-state index contributed by atoms with van der Waals surface area (Å²) >= 11 is 0. The van der Waals surface area contributed by atoms with Gasteiger partial charge < -0.3 is 10.2 Å². The van der Waals surface area contributed by atoms with Crippen molar-refractivity contribution in [3.8, 4) is 0 Å². The number of aliphatic hydroxyl groups excluding tert-OH is 2. The maximum Gasteiger partial charge on any atom is 0.0615 e. The maximum absolute atomic E-state index is 10.2. The molecule has 0 heterocycles. The van der Waals surface area contributed by atoms with E-state index in [1.165, 1.54) is 50.5 Å². The van der Waals surface area contributed by atoms with E-state index in [1.807, 2.05) is 0 Å². The molecule has 3 fully saturated rings. The summed E-state index contributed by atoms with van der Waals surface area (Å²) < 4.78 is 0. The molecule has 4 aliphatic rings. The lowest BCUT2D eigenvalue weighted by Crippen LogP contribution is -2.50. The molecule has 4 rings (SSSR count). The average Bonchev–Trinajstić information content (AvgIpc) is 3.08. The molecule has 176 valence electrons. The van der Waals surface area contributed by atoms with E-state index in [0.717, 1.165) is 48.9 Å². The topological polar surface area (TPSA) is 40.5 Å². The zero-order chi connectivity index (χ0) is 22.4. The number of aliphatic hydroxyl groups is 2. The summed E-state index contributed by atoms with van der Waals surface area (Å²) in [5, 5.41) is 19.6. The molecule has 0 radical (unpaired) electrons. The van der Waals surface area contributed by atoms with Gasteiger partial charge in [0.25, 0.3) is 0 Å². The molecular formula is C29H48O2. The largest absolute Gasteiger partial charge is 0.393 e. The van der Waals surface area contributed by atoms with E-state index in [9.17, 15) is 10.2 Å². The molecule has 3 saturated carbocycles. The van der Waals surface area contributed by atoms with Gasteiger partial charge >= 0.3 is 0 Å². The fourth-order valence-corrected chi connectivity index (χ4v) is 8.96. The van der Waals surface area contributed by atoms with Crippen LogP contribution in [0.15, 0.2) is 23.3 Å². The molecule has 31 heavy (non-hydrogen) atoms. The molecule has 2 heteroatoms. The van der Waals surface area contributed by atoms with Crippen LogP contribution in [-0.4, -0.2) is 22.9 Å². The number of allylic oxidation sites excluding steroid dienone is 2. The molecule has 8 atom stereocenters. The monoisotopic (exact) mass is 428 g/mol. The van der Waals surface area contributed by atoms with Crippen LogP contribution in [0.1, 0.15) is 98.8 Å². The quantitative estimate of drug-likeness (QED) is 0.451. The first-order valence-corrected chi connectivity index (χ1v) is 13.4. The third-order valence-corrected chi connectivity index (χ3v) is 10.8. The lowest BCUT2D eigenvalue weighted by Gasteiger charge is -2.58. The Labute approximate surface area is 191 Å². The summed E-state index contributed by atoms with van der Waals surface area (Å²) in [6.07, 6.45) is 17.0. The van der Waals surface area contributed by atoms with Gasteiger partial charge in [0, 0.05) is 0 Å². The lowest BCUT2D eigenvalue weighted by atomic mass is 9.47. The molecule has 0 saturated heterocycles. The average molecular weight is 429 g/mol. The second-order valence-corrected chi connectivity index (χ2v) is 12.5. The molecule has 2 nitrogen and oxygen atoms in total. The van der Waals surface area contributed by atoms with E-state index in [0.29, 0.717) is 16.7 Å². The van der Waals surface area contributed by atoms with Crippen molar-refractivity contribution in [1.29, 1.82) is 0 Å².